The first kappa shape index (κ1) is 14.2. The second-order valence-corrected chi connectivity index (χ2v) is 5.81. The fraction of sp³-hybridized carbons (Fsp3) is 0.200. The van der Waals surface area contributed by atoms with E-state index < -0.39 is 0 Å². The van der Waals surface area contributed by atoms with Crippen molar-refractivity contribution >= 4 is 0 Å². The van der Waals surface area contributed by atoms with Crippen LogP contribution in [0, 0.1) is 0 Å². The molecule has 1 aliphatic heterocycles. The topological polar surface area (TPSA) is 25.6 Å². The van der Waals surface area contributed by atoms with Gasteiger partial charge in [-0.25, -0.2) is 0 Å². The highest BCUT2D eigenvalue weighted by Gasteiger charge is 2.35. The van der Waals surface area contributed by atoms with E-state index in [0.29, 0.717) is 0 Å². The van der Waals surface area contributed by atoms with Crippen LogP contribution in [0.5, 0.6) is 0 Å². The molecule has 0 saturated carbocycles. The summed E-state index contributed by atoms with van der Waals surface area (Å²) >= 11 is 0. The molecule has 3 aromatic rings. The summed E-state index contributed by atoms with van der Waals surface area (Å²) in [5.41, 5.74) is 2.40. The third-order valence-corrected chi connectivity index (χ3v) is 4.22. The van der Waals surface area contributed by atoms with Crippen molar-refractivity contribution in [2.75, 3.05) is 6.54 Å². The highest BCUT2D eigenvalue weighted by molar-refractivity contribution is 5.22. The molecule has 116 valence electrons. The first-order valence-corrected chi connectivity index (χ1v) is 7.92. The lowest BCUT2D eigenvalue weighted by molar-refractivity contribution is -0.00681. The molecule has 0 amide bonds. The first-order valence-electron chi connectivity index (χ1n) is 7.92. The van der Waals surface area contributed by atoms with Gasteiger partial charge in [0.2, 0.25) is 0 Å². The molecule has 0 bridgehead atoms. The molecular weight excluding hydrogens is 286 g/mol. The minimum absolute atomic E-state index is 0.0495. The number of nitrogens with zero attached hydrogens (tertiary/aromatic N) is 1. The van der Waals surface area contributed by atoms with Gasteiger partial charge in [-0.3, -0.25) is 4.90 Å². The van der Waals surface area contributed by atoms with Gasteiger partial charge in [0.05, 0.1) is 18.9 Å². The van der Waals surface area contributed by atoms with Crippen molar-refractivity contribution in [1.29, 1.82) is 0 Å². The van der Waals surface area contributed by atoms with Crippen molar-refractivity contribution in [3.63, 3.8) is 0 Å². The number of hydrogen-bond acceptors (Lipinski definition) is 3. The molecule has 2 atom stereocenters. The summed E-state index contributed by atoms with van der Waals surface area (Å²) < 4.78 is 11.9. The van der Waals surface area contributed by atoms with Crippen LogP contribution in [0.25, 0.3) is 0 Å². The van der Waals surface area contributed by atoms with Gasteiger partial charge in [0, 0.05) is 6.54 Å². The van der Waals surface area contributed by atoms with Gasteiger partial charge in [-0.1, -0.05) is 60.7 Å². The Labute approximate surface area is 136 Å². The maximum absolute atomic E-state index is 6.38. The molecule has 23 heavy (non-hydrogen) atoms. The lowest BCUT2D eigenvalue weighted by atomic mass is 10.1. The van der Waals surface area contributed by atoms with Gasteiger partial charge in [0.15, 0.2) is 0 Å². The molecule has 2 heterocycles. The Bertz CT molecular complexity index is 725. The summed E-state index contributed by atoms with van der Waals surface area (Å²) in [7, 11) is 0. The predicted octanol–water partition coefficient (Wildman–Crippen LogP) is 4.55. The van der Waals surface area contributed by atoms with Crippen LogP contribution in [0.15, 0.2) is 83.5 Å². The Morgan fingerprint density at radius 2 is 1.52 bits per heavy atom. The SMILES string of the molecule is c1ccc(C2CN(Cc3ccco3)C(c3ccccc3)O2)cc1. The molecule has 1 fully saturated rings. The Morgan fingerprint density at radius 1 is 0.826 bits per heavy atom. The smallest absolute Gasteiger partial charge is 0.138 e. The third kappa shape index (κ3) is 3.07. The molecule has 0 aliphatic carbocycles. The molecular formula is C20H19NO2. The third-order valence-electron chi connectivity index (χ3n) is 4.22. The summed E-state index contributed by atoms with van der Waals surface area (Å²) in [5.74, 6) is 0.961. The number of benzene rings is 2. The average Bonchev–Trinajstić information content (AvgIpc) is 3.27. The molecule has 3 heteroatoms. The zero-order valence-corrected chi connectivity index (χ0v) is 12.8. The molecule has 3 nitrogen and oxygen atoms in total. The van der Waals surface area contributed by atoms with E-state index in [0.717, 1.165) is 18.8 Å². The number of hydrogen-bond donors (Lipinski definition) is 0. The van der Waals surface area contributed by atoms with Crippen LogP contribution >= 0.6 is 0 Å². The van der Waals surface area contributed by atoms with Crippen molar-refractivity contribution in [2.45, 2.75) is 18.9 Å². The van der Waals surface area contributed by atoms with Crippen LogP contribution in [0.4, 0.5) is 0 Å². The standard InChI is InChI=1S/C20H19NO2/c1-3-8-16(9-4-1)19-15-21(14-18-12-7-13-22-18)20(23-19)17-10-5-2-6-11-17/h1-13,19-20H,14-15H2. The minimum atomic E-state index is -0.0495. The van der Waals surface area contributed by atoms with Crippen molar-refractivity contribution in [3.05, 3.63) is 95.9 Å². The summed E-state index contributed by atoms with van der Waals surface area (Å²) in [6, 6.07) is 24.7. The molecule has 4 rings (SSSR count). The van der Waals surface area contributed by atoms with Gasteiger partial charge in [0.25, 0.3) is 0 Å². The molecule has 1 aliphatic rings. The highest BCUT2D eigenvalue weighted by Crippen LogP contribution is 2.38. The average molecular weight is 305 g/mol. The van der Waals surface area contributed by atoms with Crippen molar-refractivity contribution in [3.8, 4) is 0 Å². The van der Waals surface area contributed by atoms with E-state index in [1.807, 2.05) is 24.3 Å². The van der Waals surface area contributed by atoms with Gasteiger partial charge < -0.3 is 9.15 Å². The fourth-order valence-electron chi connectivity index (χ4n) is 3.10. The normalized spacial score (nSPS) is 21.6. The van der Waals surface area contributed by atoms with Crippen LogP contribution in [-0.2, 0) is 11.3 Å². The largest absolute Gasteiger partial charge is 0.468 e. The summed E-state index contributed by atoms with van der Waals surface area (Å²) in [4.78, 5) is 2.33. The lowest BCUT2D eigenvalue weighted by Crippen LogP contribution is -2.23. The monoisotopic (exact) mass is 305 g/mol. The van der Waals surface area contributed by atoms with Crippen molar-refractivity contribution in [2.24, 2.45) is 0 Å². The Balaban J connectivity index is 1.61. The lowest BCUT2D eigenvalue weighted by Gasteiger charge is -2.21. The first-order chi connectivity index (χ1) is 11.4. The molecule has 0 N–H and O–H groups in total. The van der Waals surface area contributed by atoms with Gasteiger partial charge in [-0.05, 0) is 23.3 Å². The van der Waals surface area contributed by atoms with Crippen molar-refractivity contribution < 1.29 is 9.15 Å². The quantitative estimate of drug-likeness (QED) is 0.707. The van der Waals surface area contributed by atoms with E-state index in [4.69, 9.17) is 9.15 Å². The maximum atomic E-state index is 6.38. The van der Waals surface area contributed by atoms with Gasteiger partial charge in [-0.2, -0.15) is 0 Å². The molecule has 1 saturated heterocycles. The molecule has 0 spiro atoms. The summed E-state index contributed by atoms with van der Waals surface area (Å²) in [6.45, 7) is 1.60. The second-order valence-electron chi connectivity index (χ2n) is 5.81. The zero-order valence-electron chi connectivity index (χ0n) is 12.8. The summed E-state index contributed by atoms with van der Waals surface area (Å²) in [6.07, 6.45) is 1.75. The highest BCUT2D eigenvalue weighted by atomic mass is 16.5. The van der Waals surface area contributed by atoms with E-state index >= 15 is 0 Å². The van der Waals surface area contributed by atoms with Gasteiger partial charge in [0.1, 0.15) is 12.0 Å². The minimum Gasteiger partial charge on any atom is -0.468 e. The van der Waals surface area contributed by atoms with Crippen LogP contribution in [0.3, 0.4) is 0 Å². The fourth-order valence-corrected chi connectivity index (χ4v) is 3.10. The predicted molar refractivity (Wildman–Crippen MR) is 88.6 cm³/mol. The van der Waals surface area contributed by atoms with E-state index in [-0.39, 0.29) is 12.3 Å². The van der Waals surface area contributed by atoms with E-state index in [1.54, 1.807) is 6.26 Å². The van der Waals surface area contributed by atoms with Gasteiger partial charge >= 0.3 is 0 Å². The zero-order chi connectivity index (χ0) is 15.5. The number of furan rings is 1. The Hall–Kier alpha value is -2.36. The summed E-state index contributed by atoms with van der Waals surface area (Å²) in [5, 5.41) is 0. The number of rotatable bonds is 4. The molecule has 2 aromatic carbocycles. The van der Waals surface area contributed by atoms with E-state index in [2.05, 4.69) is 53.4 Å². The van der Waals surface area contributed by atoms with E-state index in [9.17, 15) is 0 Å². The van der Waals surface area contributed by atoms with Crippen LogP contribution in [0.2, 0.25) is 0 Å². The van der Waals surface area contributed by atoms with E-state index in [1.165, 1.54) is 11.1 Å². The maximum Gasteiger partial charge on any atom is 0.138 e. The Morgan fingerprint density at radius 3 is 2.17 bits per heavy atom. The Kier molecular flexibility index (Phi) is 3.97. The number of ether oxygens (including phenoxy) is 1. The van der Waals surface area contributed by atoms with Crippen LogP contribution in [-0.4, -0.2) is 11.4 Å². The molecule has 0 radical (unpaired) electrons. The van der Waals surface area contributed by atoms with Crippen molar-refractivity contribution in [1.82, 2.24) is 4.90 Å². The van der Waals surface area contributed by atoms with Gasteiger partial charge in [-0.15, -0.1) is 0 Å². The molecule has 2 unspecified atom stereocenters. The van der Waals surface area contributed by atoms with Crippen LogP contribution in [0.1, 0.15) is 29.2 Å². The molecule has 1 aromatic heterocycles. The second kappa shape index (κ2) is 6.41. The van der Waals surface area contributed by atoms with Crippen LogP contribution < -0.4 is 0 Å².